The summed E-state index contributed by atoms with van der Waals surface area (Å²) in [5, 5.41) is 1.52. The molecule has 0 radical (unpaired) electrons. The van der Waals surface area contributed by atoms with Crippen LogP contribution >= 0.6 is 11.6 Å². The lowest BCUT2D eigenvalue weighted by Crippen LogP contribution is -2.13. The van der Waals surface area contributed by atoms with Crippen LogP contribution in [0, 0.1) is 0 Å². The summed E-state index contributed by atoms with van der Waals surface area (Å²) < 4.78 is 41.4. The first-order valence-electron chi connectivity index (χ1n) is 5.64. The van der Waals surface area contributed by atoms with Gasteiger partial charge in [-0.3, -0.25) is 0 Å². The summed E-state index contributed by atoms with van der Waals surface area (Å²) in [6.07, 6.45) is -5.24. The Morgan fingerprint density at radius 2 is 1.95 bits per heavy atom. The zero-order chi connectivity index (χ0) is 13.9. The number of ether oxygens (including phenoxy) is 1. The summed E-state index contributed by atoms with van der Waals surface area (Å²) >= 11 is 5.71. The van der Waals surface area contributed by atoms with Gasteiger partial charge in [-0.1, -0.05) is 18.2 Å². The van der Waals surface area contributed by atoms with Crippen molar-refractivity contribution in [3.8, 4) is 5.88 Å². The number of nitrogens with zero attached hydrogens (tertiary/aromatic N) is 1. The maximum absolute atomic E-state index is 12.1. The van der Waals surface area contributed by atoms with Gasteiger partial charge in [-0.25, -0.2) is 4.98 Å². The Morgan fingerprint density at radius 1 is 1.21 bits per heavy atom. The molecule has 0 bridgehead atoms. The van der Waals surface area contributed by atoms with Crippen molar-refractivity contribution in [3.63, 3.8) is 0 Å². The molecule has 0 saturated carbocycles. The molecule has 1 aromatic heterocycles. The van der Waals surface area contributed by atoms with Crippen molar-refractivity contribution < 1.29 is 17.9 Å². The van der Waals surface area contributed by atoms with Crippen molar-refractivity contribution in [2.45, 2.75) is 18.5 Å². The van der Waals surface area contributed by atoms with Crippen molar-refractivity contribution in [2.24, 2.45) is 0 Å². The molecule has 1 heterocycles. The van der Waals surface area contributed by atoms with Crippen LogP contribution in [-0.2, 0) is 5.88 Å². The minimum Gasteiger partial charge on any atom is -0.477 e. The fourth-order valence-electron chi connectivity index (χ4n) is 1.66. The van der Waals surface area contributed by atoms with Crippen LogP contribution in [0.15, 0.2) is 30.3 Å². The second kappa shape index (κ2) is 5.65. The minimum absolute atomic E-state index is 0.181. The maximum atomic E-state index is 12.1. The molecule has 102 valence electrons. The average molecular weight is 290 g/mol. The van der Waals surface area contributed by atoms with Crippen molar-refractivity contribution >= 4 is 22.4 Å². The number of halogens is 4. The number of alkyl halides is 4. The fourth-order valence-corrected chi connectivity index (χ4v) is 1.80. The Morgan fingerprint density at radius 3 is 2.63 bits per heavy atom. The molecule has 6 heteroatoms. The van der Waals surface area contributed by atoms with Gasteiger partial charge < -0.3 is 4.74 Å². The van der Waals surface area contributed by atoms with E-state index < -0.39 is 19.2 Å². The number of rotatable bonds is 4. The second-order valence-electron chi connectivity index (χ2n) is 3.99. The predicted molar refractivity (Wildman–Crippen MR) is 67.5 cm³/mol. The molecular formula is C13H11ClF3NO. The Labute approximate surface area is 113 Å². The molecular weight excluding hydrogens is 279 g/mol. The Balaban J connectivity index is 2.25. The van der Waals surface area contributed by atoms with Gasteiger partial charge in [0, 0.05) is 5.39 Å². The minimum atomic E-state index is -4.24. The van der Waals surface area contributed by atoms with E-state index in [2.05, 4.69) is 4.98 Å². The quantitative estimate of drug-likeness (QED) is 0.783. The van der Waals surface area contributed by atoms with Crippen LogP contribution in [-0.4, -0.2) is 17.8 Å². The van der Waals surface area contributed by atoms with Crippen LogP contribution in [0.4, 0.5) is 13.2 Å². The molecule has 2 aromatic rings. The molecule has 2 rings (SSSR count). The predicted octanol–water partition coefficient (Wildman–Crippen LogP) is 4.30. The Kier molecular flexibility index (Phi) is 4.14. The zero-order valence-corrected chi connectivity index (χ0v) is 10.6. The summed E-state index contributed by atoms with van der Waals surface area (Å²) in [4.78, 5) is 4.12. The standard InChI is InChI=1S/C13H11ClF3NO/c14-8-10-7-9-3-1-2-4-11(9)12(18-10)19-6-5-13(15,16)17/h1-4,7H,5-6,8H2. The van der Waals surface area contributed by atoms with Gasteiger partial charge in [-0.2, -0.15) is 13.2 Å². The number of aromatic nitrogens is 1. The van der Waals surface area contributed by atoms with Crippen LogP contribution in [0.25, 0.3) is 10.8 Å². The third-order valence-electron chi connectivity index (χ3n) is 2.52. The van der Waals surface area contributed by atoms with Crippen LogP contribution in [0.5, 0.6) is 5.88 Å². The highest BCUT2D eigenvalue weighted by atomic mass is 35.5. The van der Waals surface area contributed by atoms with E-state index in [1.807, 2.05) is 12.1 Å². The van der Waals surface area contributed by atoms with Crippen molar-refractivity contribution in [1.29, 1.82) is 0 Å². The average Bonchev–Trinajstić information content (AvgIpc) is 2.37. The van der Waals surface area contributed by atoms with Crippen molar-refractivity contribution in [3.05, 3.63) is 36.0 Å². The van der Waals surface area contributed by atoms with E-state index in [-0.39, 0.29) is 11.8 Å². The topological polar surface area (TPSA) is 22.1 Å². The smallest absolute Gasteiger partial charge is 0.392 e. The molecule has 0 aliphatic heterocycles. The van der Waals surface area contributed by atoms with Crippen molar-refractivity contribution in [1.82, 2.24) is 4.98 Å². The molecule has 2 nitrogen and oxygen atoms in total. The van der Waals surface area contributed by atoms with Crippen LogP contribution in [0.2, 0.25) is 0 Å². The van der Waals surface area contributed by atoms with Crippen LogP contribution in [0.1, 0.15) is 12.1 Å². The van der Waals surface area contributed by atoms with Crippen LogP contribution < -0.4 is 4.74 Å². The van der Waals surface area contributed by atoms with E-state index in [1.165, 1.54) is 0 Å². The lowest BCUT2D eigenvalue weighted by atomic mass is 10.1. The lowest BCUT2D eigenvalue weighted by molar-refractivity contribution is -0.139. The lowest BCUT2D eigenvalue weighted by Gasteiger charge is -2.11. The van der Waals surface area contributed by atoms with Gasteiger partial charge in [-0.05, 0) is 17.5 Å². The molecule has 0 spiro atoms. The number of pyridine rings is 1. The summed E-state index contributed by atoms with van der Waals surface area (Å²) in [6.45, 7) is -0.452. The summed E-state index contributed by atoms with van der Waals surface area (Å²) in [7, 11) is 0. The Hall–Kier alpha value is -1.49. The molecule has 0 aliphatic carbocycles. The third kappa shape index (κ3) is 3.73. The van der Waals surface area contributed by atoms with Crippen molar-refractivity contribution in [2.75, 3.05) is 6.61 Å². The molecule has 0 N–H and O–H groups in total. The van der Waals surface area contributed by atoms with Gasteiger partial charge in [-0.15, -0.1) is 11.6 Å². The van der Waals surface area contributed by atoms with E-state index >= 15 is 0 Å². The third-order valence-corrected chi connectivity index (χ3v) is 2.79. The van der Waals surface area contributed by atoms with Gasteiger partial charge in [0.25, 0.3) is 0 Å². The molecule has 1 aromatic carbocycles. The van der Waals surface area contributed by atoms with E-state index in [0.29, 0.717) is 11.1 Å². The van der Waals surface area contributed by atoms with Gasteiger partial charge in [0.2, 0.25) is 5.88 Å². The molecule has 0 fully saturated rings. The largest absolute Gasteiger partial charge is 0.477 e. The summed E-state index contributed by atoms with van der Waals surface area (Å²) in [5.41, 5.74) is 0.572. The summed E-state index contributed by atoms with van der Waals surface area (Å²) in [5.74, 6) is 0.374. The number of benzene rings is 1. The number of hydrogen-bond acceptors (Lipinski definition) is 2. The van der Waals surface area contributed by atoms with E-state index in [9.17, 15) is 13.2 Å². The SMILES string of the molecule is FC(F)(F)CCOc1nc(CCl)cc2ccccc12. The number of fused-ring (bicyclic) bond motifs is 1. The maximum Gasteiger partial charge on any atom is 0.392 e. The molecule has 19 heavy (non-hydrogen) atoms. The van der Waals surface area contributed by atoms with Gasteiger partial charge >= 0.3 is 6.18 Å². The molecule has 0 unspecified atom stereocenters. The highest BCUT2D eigenvalue weighted by Crippen LogP contribution is 2.26. The van der Waals surface area contributed by atoms with Gasteiger partial charge in [0.05, 0.1) is 24.6 Å². The van der Waals surface area contributed by atoms with E-state index in [1.54, 1.807) is 18.2 Å². The molecule has 0 amide bonds. The number of hydrogen-bond donors (Lipinski definition) is 0. The Bertz CT molecular complexity index is 571. The van der Waals surface area contributed by atoms with Gasteiger partial charge in [0.1, 0.15) is 0 Å². The highest BCUT2D eigenvalue weighted by molar-refractivity contribution is 6.17. The van der Waals surface area contributed by atoms with Crippen LogP contribution in [0.3, 0.4) is 0 Å². The first kappa shape index (κ1) is 13.9. The first-order chi connectivity index (χ1) is 8.99. The monoisotopic (exact) mass is 289 g/mol. The zero-order valence-electron chi connectivity index (χ0n) is 9.88. The molecule has 0 atom stereocenters. The summed E-state index contributed by atoms with van der Waals surface area (Å²) in [6, 6.07) is 8.99. The second-order valence-corrected chi connectivity index (χ2v) is 4.25. The van der Waals surface area contributed by atoms with Gasteiger partial charge in [0.15, 0.2) is 0 Å². The van der Waals surface area contributed by atoms with E-state index in [4.69, 9.17) is 16.3 Å². The molecule has 0 aliphatic rings. The highest BCUT2D eigenvalue weighted by Gasteiger charge is 2.27. The van der Waals surface area contributed by atoms with E-state index in [0.717, 1.165) is 5.39 Å². The molecule has 0 saturated heterocycles. The first-order valence-corrected chi connectivity index (χ1v) is 6.17. The normalized spacial score (nSPS) is 11.8. The fraction of sp³-hybridized carbons (Fsp3) is 0.308.